The van der Waals surface area contributed by atoms with E-state index in [0.29, 0.717) is 6.04 Å². The van der Waals surface area contributed by atoms with Crippen molar-refractivity contribution < 1.29 is 5.11 Å². The van der Waals surface area contributed by atoms with Crippen LogP contribution in [0.15, 0.2) is 18.2 Å². The molecule has 0 aliphatic carbocycles. The summed E-state index contributed by atoms with van der Waals surface area (Å²) in [5.74, 6) is 1.12. The molecule has 0 aliphatic heterocycles. The summed E-state index contributed by atoms with van der Waals surface area (Å²) < 4.78 is 0. The molecule has 0 saturated heterocycles. The molecule has 0 saturated carbocycles. The minimum atomic E-state index is 0.108. The van der Waals surface area contributed by atoms with Crippen LogP contribution in [0.3, 0.4) is 0 Å². The Morgan fingerprint density at radius 3 is 2.65 bits per heavy atom. The van der Waals surface area contributed by atoms with E-state index in [1.54, 1.807) is 0 Å². The highest BCUT2D eigenvalue weighted by molar-refractivity contribution is 7.98. The third-order valence-corrected chi connectivity index (χ3v) is 3.88. The Morgan fingerprint density at radius 1 is 1.41 bits per heavy atom. The van der Waals surface area contributed by atoms with E-state index in [2.05, 4.69) is 50.2 Å². The third kappa shape index (κ3) is 3.65. The quantitative estimate of drug-likeness (QED) is 0.843. The molecule has 0 fully saturated rings. The fourth-order valence-corrected chi connectivity index (χ4v) is 2.92. The molecule has 0 amide bonds. The molecule has 0 aromatic heterocycles. The van der Waals surface area contributed by atoms with Crippen LogP contribution in [0.4, 0.5) is 5.69 Å². The van der Waals surface area contributed by atoms with E-state index in [9.17, 15) is 5.11 Å². The number of aryl methyl sites for hydroxylation is 1. The zero-order chi connectivity index (χ0) is 12.8. The molecule has 1 aromatic rings. The van der Waals surface area contributed by atoms with E-state index in [1.807, 2.05) is 11.8 Å². The summed E-state index contributed by atoms with van der Waals surface area (Å²) in [7, 11) is 2.12. The van der Waals surface area contributed by atoms with E-state index in [-0.39, 0.29) is 6.61 Å². The first-order chi connectivity index (χ1) is 8.13. The summed E-state index contributed by atoms with van der Waals surface area (Å²) in [5.41, 5.74) is 3.37. The van der Waals surface area contributed by atoms with Gasteiger partial charge in [0.15, 0.2) is 0 Å². The maximum Gasteiger partial charge on any atom is 0.0702 e. The van der Waals surface area contributed by atoms with Crippen LogP contribution in [0.1, 0.15) is 24.5 Å². The second kappa shape index (κ2) is 6.92. The number of thioether (sulfide) groups is 1. The lowest BCUT2D eigenvalue weighted by molar-refractivity contribution is 0.282. The van der Waals surface area contributed by atoms with Gasteiger partial charge in [-0.25, -0.2) is 0 Å². The molecule has 1 atom stereocenters. The second-order valence-electron chi connectivity index (χ2n) is 4.42. The number of hydrogen-bond acceptors (Lipinski definition) is 3. The first-order valence-electron chi connectivity index (χ1n) is 6.06. The summed E-state index contributed by atoms with van der Waals surface area (Å²) >= 11 is 1.87. The normalized spacial score (nSPS) is 12.5. The van der Waals surface area contributed by atoms with Gasteiger partial charge in [0.2, 0.25) is 0 Å². The summed E-state index contributed by atoms with van der Waals surface area (Å²) in [4.78, 5) is 2.29. The van der Waals surface area contributed by atoms with Gasteiger partial charge in [0.25, 0.3) is 0 Å². The lowest BCUT2D eigenvalue weighted by Crippen LogP contribution is -2.33. The van der Waals surface area contributed by atoms with Gasteiger partial charge >= 0.3 is 0 Å². The zero-order valence-corrected chi connectivity index (χ0v) is 12.0. The number of hydrogen-bond donors (Lipinski definition) is 1. The second-order valence-corrected chi connectivity index (χ2v) is 5.33. The van der Waals surface area contributed by atoms with Gasteiger partial charge in [-0.15, -0.1) is 0 Å². The predicted octanol–water partition coefficient (Wildman–Crippen LogP) is 3.07. The minimum absolute atomic E-state index is 0.108. The summed E-state index contributed by atoms with van der Waals surface area (Å²) in [6.07, 6.45) is 3.26. The van der Waals surface area contributed by atoms with Crippen LogP contribution in [-0.4, -0.2) is 30.2 Å². The van der Waals surface area contributed by atoms with Gasteiger partial charge in [0, 0.05) is 30.1 Å². The average Bonchev–Trinajstić information content (AvgIpc) is 2.34. The number of rotatable bonds is 6. The molecule has 0 radical (unpaired) electrons. The third-order valence-electron chi connectivity index (χ3n) is 3.16. The average molecular weight is 253 g/mol. The van der Waals surface area contributed by atoms with E-state index >= 15 is 0 Å². The van der Waals surface area contributed by atoms with E-state index in [0.717, 1.165) is 23.4 Å². The number of benzene rings is 1. The summed E-state index contributed by atoms with van der Waals surface area (Å²) in [5, 5.41) is 9.44. The largest absolute Gasteiger partial charge is 0.392 e. The molecule has 2 nitrogen and oxygen atoms in total. The lowest BCUT2D eigenvalue weighted by Gasteiger charge is -2.30. The summed E-state index contributed by atoms with van der Waals surface area (Å²) in [6.45, 7) is 4.38. The fraction of sp³-hybridized carbons (Fsp3) is 0.571. The molecule has 0 bridgehead atoms. The van der Waals surface area contributed by atoms with E-state index in [4.69, 9.17) is 0 Å². The molecule has 96 valence electrons. The van der Waals surface area contributed by atoms with Crippen molar-refractivity contribution in [1.29, 1.82) is 0 Å². The Kier molecular flexibility index (Phi) is 5.86. The van der Waals surface area contributed by atoms with Crippen LogP contribution < -0.4 is 4.90 Å². The highest BCUT2D eigenvalue weighted by Crippen LogP contribution is 2.24. The topological polar surface area (TPSA) is 23.5 Å². The molecule has 0 aliphatic rings. The van der Waals surface area contributed by atoms with Gasteiger partial charge < -0.3 is 10.0 Å². The first-order valence-corrected chi connectivity index (χ1v) is 7.45. The molecule has 3 heteroatoms. The van der Waals surface area contributed by atoms with Crippen molar-refractivity contribution in [3.63, 3.8) is 0 Å². The molecule has 0 heterocycles. The molecule has 17 heavy (non-hydrogen) atoms. The Morgan fingerprint density at radius 2 is 2.12 bits per heavy atom. The predicted molar refractivity (Wildman–Crippen MR) is 78.0 cm³/mol. The SMILES string of the molecule is CCC(CSC)N(C)c1ccc(C)cc1CO. The van der Waals surface area contributed by atoms with Gasteiger partial charge in [-0.05, 0) is 25.7 Å². The number of anilines is 1. The molecular weight excluding hydrogens is 230 g/mol. The van der Waals surface area contributed by atoms with Crippen molar-refractivity contribution in [3.05, 3.63) is 29.3 Å². The smallest absolute Gasteiger partial charge is 0.0702 e. The maximum absolute atomic E-state index is 9.44. The monoisotopic (exact) mass is 253 g/mol. The lowest BCUT2D eigenvalue weighted by atomic mass is 10.1. The highest BCUT2D eigenvalue weighted by Gasteiger charge is 2.15. The molecule has 0 spiro atoms. The van der Waals surface area contributed by atoms with Crippen LogP contribution >= 0.6 is 11.8 Å². The van der Waals surface area contributed by atoms with Gasteiger partial charge in [-0.2, -0.15) is 11.8 Å². The molecule has 1 aromatic carbocycles. The van der Waals surface area contributed by atoms with E-state index < -0.39 is 0 Å². The summed E-state index contributed by atoms with van der Waals surface area (Å²) in [6, 6.07) is 6.82. The number of aliphatic hydroxyl groups excluding tert-OH is 1. The van der Waals surface area contributed by atoms with Gasteiger partial charge in [0.05, 0.1) is 6.61 Å². The molecule has 1 unspecified atom stereocenters. The minimum Gasteiger partial charge on any atom is -0.392 e. The van der Waals surface area contributed by atoms with Crippen molar-refractivity contribution >= 4 is 17.4 Å². The molecular formula is C14H23NOS. The Balaban J connectivity index is 2.97. The van der Waals surface area contributed by atoms with E-state index in [1.165, 1.54) is 5.56 Å². The Labute approximate surface area is 109 Å². The van der Waals surface area contributed by atoms with Crippen molar-refractivity contribution in [2.24, 2.45) is 0 Å². The van der Waals surface area contributed by atoms with Crippen LogP contribution in [0.5, 0.6) is 0 Å². The maximum atomic E-state index is 9.44. The van der Waals surface area contributed by atoms with Crippen molar-refractivity contribution in [2.75, 3.05) is 24.0 Å². The Bertz CT molecular complexity index is 354. The van der Waals surface area contributed by atoms with Gasteiger partial charge in [-0.1, -0.05) is 24.6 Å². The van der Waals surface area contributed by atoms with Crippen LogP contribution in [0, 0.1) is 6.92 Å². The van der Waals surface area contributed by atoms with Crippen molar-refractivity contribution in [2.45, 2.75) is 32.9 Å². The van der Waals surface area contributed by atoms with Crippen LogP contribution in [0.2, 0.25) is 0 Å². The van der Waals surface area contributed by atoms with Crippen molar-refractivity contribution in [1.82, 2.24) is 0 Å². The van der Waals surface area contributed by atoms with Crippen LogP contribution in [0.25, 0.3) is 0 Å². The Hall–Kier alpha value is -0.670. The van der Waals surface area contributed by atoms with Gasteiger partial charge in [0.1, 0.15) is 0 Å². The zero-order valence-electron chi connectivity index (χ0n) is 11.2. The fourth-order valence-electron chi connectivity index (χ4n) is 2.08. The number of nitrogens with zero attached hydrogens (tertiary/aromatic N) is 1. The van der Waals surface area contributed by atoms with Gasteiger partial charge in [-0.3, -0.25) is 0 Å². The standard InChI is InChI=1S/C14H23NOS/c1-5-13(10-17-4)15(3)14-7-6-11(2)8-12(14)9-16/h6-8,13,16H,5,9-10H2,1-4H3. The molecule has 1 N–H and O–H groups in total. The van der Waals surface area contributed by atoms with Crippen molar-refractivity contribution in [3.8, 4) is 0 Å². The van der Waals surface area contributed by atoms with Crippen LogP contribution in [-0.2, 0) is 6.61 Å². The highest BCUT2D eigenvalue weighted by atomic mass is 32.2. The number of aliphatic hydroxyl groups is 1. The molecule has 1 rings (SSSR count). The first kappa shape index (κ1) is 14.4.